The molecule has 8 heteroatoms. The van der Waals surface area contributed by atoms with Gasteiger partial charge in [0.15, 0.2) is 11.5 Å². The molecule has 1 atom stereocenters. The number of halogens is 1. The molecule has 1 fully saturated rings. The van der Waals surface area contributed by atoms with Crippen LogP contribution in [-0.4, -0.2) is 31.9 Å². The van der Waals surface area contributed by atoms with E-state index >= 15 is 4.39 Å². The van der Waals surface area contributed by atoms with E-state index in [-0.39, 0.29) is 17.8 Å². The molecule has 33 heavy (non-hydrogen) atoms. The van der Waals surface area contributed by atoms with Crippen LogP contribution in [0.25, 0.3) is 22.3 Å². The SMILES string of the molecule is Cc1c(F)cc(C(C)Nc2ncnc3[nH]cnc23)c(C)c1-c1ccc(C(=O)NC2CC2)cc1. The van der Waals surface area contributed by atoms with Crippen LogP contribution in [0.2, 0.25) is 0 Å². The summed E-state index contributed by atoms with van der Waals surface area (Å²) < 4.78 is 15.0. The number of nitrogens with zero attached hydrogens (tertiary/aromatic N) is 3. The lowest BCUT2D eigenvalue weighted by molar-refractivity contribution is 0.0951. The molecule has 0 radical (unpaired) electrons. The molecule has 7 nitrogen and oxygen atoms in total. The number of benzene rings is 2. The van der Waals surface area contributed by atoms with Crippen LogP contribution in [-0.2, 0) is 0 Å². The normalized spacial score (nSPS) is 14.3. The Hall–Kier alpha value is -3.81. The monoisotopic (exact) mass is 444 g/mol. The second kappa shape index (κ2) is 8.27. The van der Waals surface area contributed by atoms with Gasteiger partial charge in [-0.2, -0.15) is 0 Å². The standard InChI is InChI=1S/C25H25FN6O/c1-13-19(15(3)31-24-22-23(28-11-27-22)29-12-30-24)10-20(26)14(2)21(13)16-4-6-17(7-5-16)25(33)32-18-8-9-18/h4-7,10-12,15,18H,8-9H2,1-3H3,(H,32,33)(H2,27,28,29,30,31). The number of amides is 1. The van der Waals surface area contributed by atoms with E-state index in [1.165, 1.54) is 6.33 Å². The van der Waals surface area contributed by atoms with Gasteiger partial charge >= 0.3 is 0 Å². The number of hydrogen-bond acceptors (Lipinski definition) is 5. The fraction of sp³-hybridized carbons (Fsp3) is 0.280. The van der Waals surface area contributed by atoms with Gasteiger partial charge < -0.3 is 15.6 Å². The molecule has 0 aliphatic heterocycles. The Labute approximate surface area is 190 Å². The van der Waals surface area contributed by atoms with Crippen LogP contribution in [0.15, 0.2) is 43.0 Å². The number of H-pyrrole nitrogens is 1. The van der Waals surface area contributed by atoms with Crippen molar-refractivity contribution in [3.8, 4) is 11.1 Å². The smallest absolute Gasteiger partial charge is 0.251 e. The van der Waals surface area contributed by atoms with Crippen LogP contribution in [0.1, 0.15) is 52.9 Å². The molecule has 1 unspecified atom stereocenters. The third-order valence-electron chi connectivity index (χ3n) is 6.21. The second-order valence-corrected chi connectivity index (χ2v) is 8.59. The summed E-state index contributed by atoms with van der Waals surface area (Å²) in [4.78, 5) is 28.0. The summed E-state index contributed by atoms with van der Waals surface area (Å²) in [5, 5.41) is 6.34. The number of anilines is 1. The summed E-state index contributed by atoms with van der Waals surface area (Å²) in [6.45, 7) is 5.74. The van der Waals surface area contributed by atoms with Gasteiger partial charge in [-0.05, 0) is 79.6 Å². The minimum Gasteiger partial charge on any atom is -0.362 e. The Morgan fingerprint density at radius 3 is 2.61 bits per heavy atom. The Morgan fingerprint density at radius 1 is 1.12 bits per heavy atom. The maximum Gasteiger partial charge on any atom is 0.251 e. The molecule has 4 aromatic rings. The van der Waals surface area contributed by atoms with E-state index in [1.54, 1.807) is 31.5 Å². The number of fused-ring (bicyclic) bond motifs is 1. The molecule has 2 aromatic carbocycles. The number of carbonyl (C=O) groups is 1. The lowest BCUT2D eigenvalue weighted by Gasteiger charge is -2.22. The molecule has 1 aliphatic carbocycles. The molecule has 5 rings (SSSR count). The molecule has 2 heterocycles. The molecule has 0 spiro atoms. The fourth-order valence-electron chi connectivity index (χ4n) is 4.22. The Bertz CT molecular complexity index is 1340. The van der Waals surface area contributed by atoms with E-state index in [0.717, 1.165) is 35.1 Å². The number of aromatic nitrogens is 4. The van der Waals surface area contributed by atoms with E-state index in [1.807, 2.05) is 26.0 Å². The molecular formula is C25H25FN6O. The second-order valence-electron chi connectivity index (χ2n) is 8.59. The maximum absolute atomic E-state index is 15.0. The summed E-state index contributed by atoms with van der Waals surface area (Å²) >= 11 is 0. The van der Waals surface area contributed by atoms with Crippen LogP contribution >= 0.6 is 0 Å². The topological polar surface area (TPSA) is 95.6 Å². The molecule has 2 aromatic heterocycles. The molecule has 1 saturated carbocycles. The highest BCUT2D eigenvalue weighted by Crippen LogP contribution is 2.35. The van der Waals surface area contributed by atoms with Gasteiger partial charge in [-0.1, -0.05) is 12.1 Å². The number of nitrogens with one attached hydrogen (secondary N) is 3. The minimum atomic E-state index is -0.276. The summed E-state index contributed by atoms with van der Waals surface area (Å²) in [6, 6.07) is 9.02. The maximum atomic E-state index is 15.0. The van der Waals surface area contributed by atoms with E-state index in [2.05, 4.69) is 30.6 Å². The highest BCUT2D eigenvalue weighted by atomic mass is 19.1. The van der Waals surface area contributed by atoms with Crippen molar-refractivity contribution in [2.24, 2.45) is 0 Å². The van der Waals surface area contributed by atoms with Gasteiger partial charge in [-0.25, -0.2) is 19.3 Å². The van der Waals surface area contributed by atoms with Crippen molar-refractivity contribution in [1.82, 2.24) is 25.3 Å². The first-order valence-electron chi connectivity index (χ1n) is 11.0. The molecule has 3 N–H and O–H groups in total. The van der Waals surface area contributed by atoms with Crippen molar-refractivity contribution in [3.63, 3.8) is 0 Å². The lowest BCUT2D eigenvalue weighted by Crippen LogP contribution is -2.25. The molecule has 0 bridgehead atoms. The van der Waals surface area contributed by atoms with E-state index in [4.69, 9.17) is 0 Å². The summed E-state index contributed by atoms with van der Waals surface area (Å²) in [7, 11) is 0. The van der Waals surface area contributed by atoms with Crippen LogP contribution < -0.4 is 10.6 Å². The fourth-order valence-corrected chi connectivity index (χ4v) is 4.22. The van der Waals surface area contributed by atoms with Crippen LogP contribution in [0.3, 0.4) is 0 Å². The van der Waals surface area contributed by atoms with E-state index < -0.39 is 0 Å². The van der Waals surface area contributed by atoms with Crippen LogP contribution in [0.4, 0.5) is 10.2 Å². The predicted molar refractivity (Wildman–Crippen MR) is 126 cm³/mol. The Balaban J connectivity index is 1.47. The van der Waals surface area contributed by atoms with E-state index in [9.17, 15) is 4.79 Å². The van der Waals surface area contributed by atoms with Gasteiger partial charge in [-0.15, -0.1) is 0 Å². The third-order valence-corrected chi connectivity index (χ3v) is 6.21. The zero-order valence-electron chi connectivity index (χ0n) is 18.7. The van der Waals surface area contributed by atoms with Crippen molar-refractivity contribution in [3.05, 3.63) is 71.1 Å². The van der Waals surface area contributed by atoms with Gasteiger partial charge in [0.1, 0.15) is 17.7 Å². The molecular weight excluding hydrogens is 419 g/mol. The Kier molecular flexibility index (Phi) is 5.28. The molecule has 168 valence electrons. The lowest BCUT2D eigenvalue weighted by atomic mass is 9.89. The number of carbonyl (C=O) groups excluding carboxylic acids is 1. The minimum absolute atomic E-state index is 0.0650. The van der Waals surface area contributed by atoms with Crippen molar-refractivity contribution in [1.29, 1.82) is 0 Å². The van der Waals surface area contributed by atoms with Gasteiger partial charge in [0.05, 0.1) is 12.4 Å². The zero-order valence-corrected chi connectivity index (χ0v) is 18.7. The number of imidazole rings is 1. The largest absolute Gasteiger partial charge is 0.362 e. The first kappa shape index (κ1) is 21.1. The van der Waals surface area contributed by atoms with Crippen molar-refractivity contribution in [2.75, 3.05) is 5.32 Å². The summed E-state index contributed by atoms with van der Waals surface area (Å²) in [5.41, 5.74) is 5.96. The van der Waals surface area contributed by atoms with Crippen molar-refractivity contribution >= 4 is 22.9 Å². The zero-order chi connectivity index (χ0) is 23.1. The third kappa shape index (κ3) is 4.04. The van der Waals surface area contributed by atoms with E-state index in [0.29, 0.717) is 34.2 Å². The first-order valence-corrected chi connectivity index (χ1v) is 11.0. The quantitative estimate of drug-likeness (QED) is 0.395. The van der Waals surface area contributed by atoms with Crippen molar-refractivity contribution in [2.45, 2.75) is 45.7 Å². The average molecular weight is 445 g/mol. The average Bonchev–Trinajstić information content (AvgIpc) is 3.48. The Morgan fingerprint density at radius 2 is 1.88 bits per heavy atom. The number of hydrogen-bond donors (Lipinski definition) is 3. The summed E-state index contributed by atoms with van der Waals surface area (Å²) in [6.07, 6.45) is 5.12. The number of aromatic amines is 1. The first-order chi connectivity index (χ1) is 15.9. The van der Waals surface area contributed by atoms with Crippen LogP contribution in [0, 0.1) is 19.7 Å². The van der Waals surface area contributed by atoms with Gasteiger partial charge in [0.25, 0.3) is 5.91 Å². The molecule has 1 aliphatic rings. The molecule has 1 amide bonds. The predicted octanol–water partition coefficient (Wildman–Crippen LogP) is 4.84. The summed E-state index contributed by atoms with van der Waals surface area (Å²) in [5.74, 6) is 0.244. The highest BCUT2D eigenvalue weighted by Gasteiger charge is 2.24. The van der Waals surface area contributed by atoms with Gasteiger partial charge in [-0.3, -0.25) is 4.79 Å². The highest BCUT2D eigenvalue weighted by molar-refractivity contribution is 5.95. The number of rotatable bonds is 6. The van der Waals surface area contributed by atoms with Gasteiger partial charge in [0.2, 0.25) is 0 Å². The van der Waals surface area contributed by atoms with Crippen molar-refractivity contribution < 1.29 is 9.18 Å². The van der Waals surface area contributed by atoms with Gasteiger partial charge in [0, 0.05) is 11.6 Å². The molecule has 0 saturated heterocycles. The van der Waals surface area contributed by atoms with Crippen LogP contribution in [0.5, 0.6) is 0 Å².